The number of carboxylic acid groups (broad SMARTS) is 2. The minimum absolute atomic E-state index is 0.133. The van der Waals surface area contributed by atoms with Crippen molar-refractivity contribution < 1.29 is 19.8 Å². The Morgan fingerprint density at radius 1 is 0.895 bits per heavy atom. The van der Waals surface area contributed by atoms with Crippen molar-refractivity contribution in [2.45, 2.75) is 36.6 Å². The number of thioether (sulfide) groups is 2. The number of hydrogen-bond acceptors (Lipinski definition) is 6. The summed E-state index contributed by atoms with van der Waals surface area (Å²) in [5.74, 6) is 0.149. The van der Waals surface area contributed by atoms with Crippen molar-refractivity contribution >= 4 is 56.6 Å². The Morgan fingerprint density at radius 3 is 1.32 bits per heavy atom. The molecule has 0 radical (unpaired) electrons. The SMILES string of the molecule is CCCSCC(=O)[O-].CCCSCC(=O)[O-].[CH3][Sn+2][CH3]. The van der Waals surface area contributed by atoms with Crippen LogP contribution in [0.5, 0.6) is 0 Å². The number of carboxylic acids is 2. The van der Waals surface area contributed by atoms with Gasteiger partial charge in [-0.1, -0.05) is 13.8 Å². The number of hydrogen-bond donors (Lipinski definition) is 0. The van der Waals surface area contributed by atoms with E-state index in [4.69, 9.17) is 0 Å². The predicted molar refractivity (Wildman–Crippen MR) is 82.7 cm³/mol. The van der Waals surface area contributed by atoms with Crippen LogP contribution < -0.4 is 10.2 Å². The zero-order valence-electron chi connectivity index (χ0n) is 12.2. The summed E-state index contributed by atoms with van der Waals surface area (Å²) in [6.45, 7) is 4.03. The fourth-order valence-corrected chi connectivity index (χ4v) is 1.80. The van der Waals surface area contributed by atoms with Crippen molar-refractivity contribution in [2.24, 2.45) is 0 Å². The van der Waals surface area contributed by atoms with Gasteiger partial charge in [0.1, 0.15) is 0 Å². The molecule has 0 fully saturated rings. The maximum absolute atomic E-state index is 9.74. The van der Waals surface area contributed by atoms with E-state index in [1.165, 1.54) is 23.5 Å². The predicted octanol–water partition coefficient (Wildman–Crippen LogP) is 0.546. The van der Waals surface area contributed by atoms with E-state index in [-0.39, 0.29) is 32.6 Å². The first-order chi connectivity index (χ1) is 8.95. The van der Waals surface area contributed by atoms with E-state index in [2.05, 4.69) is 9.88 Å². The van der Waals surface area contributed by atoms with Crippen LogP contribution in [0, 0.1) is 0 Å². The summed E-state index contributed by atoms with van der Waals surface area (Å²) < 4.78 is 0. The Hall–Kier alpha value is 0.439. The normalized spacial score (nSPS) is 8.21. The van der Waals surface area contributed by atoms with Crippen molar-refractivity contribution in [2.75, 3.05) is 23.0 Å². The van der Waals surface area contributed by atoms with Gasteiger partial charge in [-0.25, -0.2) is 0 Å². The van der Waals surface area contributed by atoms with Crippen LogP contribution in [0.15, 0.2) is 0 Å². The van der Waals surface area contributed by atoms with Gasteiger partial charge in [0.2, 0.25) is 0 Å². The number of carbonyl (C=O) groups excluding carboxylic acids is 2. The van der Waals surface area contributed by atoms with Crippen LogP contribution in [0.4, 0.5) is 0 Å². The van der Waals surface area contributed by atoms with Crippen molar-refractivity contribution in [3.8, 4) is 0 Å². The summed E-state index contributed by atoms with van der Waals surface area (Å²) in [6.07, 6.45) is 2.05. The van der Waals surface area contributed by atoms with Gasteiger partial charge in [0.05, 0.1) is 11.9 Å². The van der Waals surface area contributed by atoms with Crippen LogP contribution in [0.1, 0.15) is 26.7 Å². The quantitative estimate of drug-likeness (QED) is 0.426. The molecule has 0 aliphatic rings. The number of rotatable bonds is 8. The zero-order chi connectivity index (χ0) is 15.5. The molecule has 7 heteroatoms. The van der Waals surface area contributed by atoms with Gasteiger partial charge in [-0.2, -0.15) is 23.5 Å². The third-order valence-corrected chi connectivity index (χ3v) is 3.41. The number of aliphatic carboxylic acids is 2. The fraction of sp³-hybridized carbons (Fsp3) is 0.833. The average Bonchev–Trinajstić information content (AvgIpc) is 2.31. The molecule has 0 aromatic heterocycles. The molecular weight excluding hydrogens is 391 g/mol. The maximum atomic E-state index is 9.74. The second-order valence-electron chi connectivity index (χ2n) is 3.35. The topological polar surface area (TPSA) is 80.3 Å². The van der Waals surface area contributed by atoms with E-state index in [0.29, 0.717) is 0 Å². The van der Waals surface area contributed by atoms with E-state index in [9.17, 15) is 19.8 Å². The van der Waals surface area contributed by atoms with Crippen LogP contribution in [0.2, 0.25) is 9.88 Å². The molecule has 0 bridgehead atoms. The Balaban J connectivity index is -0.000000224. The van der Waals surface area contributed by atoms with Crippen LogP contribution in [0.3, 0.4) is 0 Å². The summed E-state index contributed by atoms with van der Waals surface area (Å²) in [5.41, 5.74) is 0. The summed E-state index contributed by atoms with van der Waals surface area (Å²) in [6, 6.07) is 0. The van der Waals surface area contributed by atoms with Gasteiger partial charge in [-0.3, -0.25) is 0 Å². The molecule has 0 heterocycles. The van der Waals surface area contributed by atoms with Crippen LogP contribution in [-0.2, 0) is 9.59 Å². The van der Waals surface area contributed by atoms with Gasteiger partial charge in [0.15, 0.2) is 0 Å². The van der Waals surface area contributed by atoms with Crippen molar-refractivity contribution in [1.29, 1.82) is 0 Å². The average molecular weight is 415 g/mol. The third kappa shape index (κ3) is 45.7. The van der Waals surface area contributed by atoms with Crippen LogP contribution in [0.25, 0.3) is 0 Å². The molecular formula is C12H24O4S2Sn. The van der Waals surface area contributed by atoms with Crippen molar-refractivity contribution in [3.05, 3.63) is 0 Å². The summed E-state index contributed by atoms with van der Waals surface area (Å²) in [7, 11) is 0. The van der Waals surface area contributed by atoms with E-state index < -0.39 is 11.9 Å². The molecule has 4 nitrogen and oxygen atoms in total. The van der Waals surface area contributed by atoms with Gasteiger partial charge >= 0.3 is 31.0 Å². The van der Waals surface area contributed by atoms with Gasteiger partial charge in [0, 0.05) is 11.5 Å². The van der Waals surface area contributed by atoms with Crippen LogP contribution >= 0.6 is 23.5 Å². The second-order valence-corrected chi connectivity index (χ2v) is 8.41. The Bertz CT molecular complexity index is 184. The Morgan fingerprint density at radius 2 is 1.16 bits per heavy atom. The first-order valence-electron chi connectivity index (χ1n) is 6.09. The molecule has 0 spiro atoms. The molecule has 0 amide bonds. The molecule has 0 unspecified atom stereocenters. The Labute approximate surface area is 135 Å². The monoisotopic (exact) mass is 416 g/mol. The minimum atomic E-state index is -0.969. The zero-order valence-corrected chi connectivity index (χ0v) is 16.7. The first kappa shape index (κ1) is 24.5. The third-order valence-electron chi connectivity index (χ3n) is 1.14. The van der Waals surface area contributed by atoms with E-state index in [0.717, 1.165) is 24.3 Å². The van der Waals surface area contributed by atoms with Crippen molar-refractivity contribution in [1.82, 2.24) is 0 Å². The molecule has 0 saturated heterocycles. The van der Waals surface area contributed by atoms with Crippen molar-refractivity contribution in [3.63, 3.8) is 0 Å². The Kier molecular flexibility index (Phi) is 30.3. The molecule has 0 saturated carbocycles. The molecule has 112 valence electrons. The summed E-state index contributed by atoms with van der Waals surface area (Å²) in [5, 5.41) is 19.5. The summed E-state index contributed by atoms with van der Waals surface area (Å²) >= 11 is 3.03. The van der Waals surface area contributed by atoms with Crippen LogP contribution in [-0.4, -0.2) is 56.1 Å². The molecule has 0 N–H and O–H groups in total. The fourth-order valence-electron chi connectivity index (χ4n) is 0.600. The van der Waals surface area contributed by atoms with E-state index in [1.807, 2.05) is 13.8 Å². The number of carbonyl (C=O) groups is 2. The summed E-state index contributed by atoms with van der Waals surface area (Å²) in [4.78, 5) is 24.1. The molecule has 0 aliphatic carbocycles. The molecule has 0 aliphatic heterocycles. The van der Waals surface area contributed by atoms with E-state index in [1.54, 1.807) is 0 Å². The molecule has 0 aromatic rings. The van der Waals surface area contributed by atoms with Gasteiger partial charge in [-0.05, 0) is 24.3 Å². The standard InChI is InChI=1S/2C5H10O2S.2CH3.Sn/c2*1-2-3-8-4-5(6)7;;;/h2*2-4H2,1H3,(H,6,7);2*1H3;/q;;;;+2/p-2. The molecule has 0 atom stereocenters. The molecule has 19 heavy (non-hydrogen) atoms. The second kappa shape index (κ2) is 23.5. The van der Waals surface area contributed by atoms with Gasteiger partial charge < -0.3 is 19.8 Å². The van der Waals surface area contributed by atoms with Gasteiger partial charge in [0.25, 0.3) is 0 Å². The van der Waals surface area contributed by atoms with Gasteiger partial charge in [-0.15, -0.1) is 0 Å². The molecule has 0 aromatic carbocycles. The van der Waals surface area contributed by atoms with E-state index >= 15 is 0 Å². The molecule has 0 rings (SSSR count). The first-order valence-corrected chi connectivity index (χ1v) is 14.1.